The molecule has 2 N–H and O–H groups in total. The van der Waals surface area contributed by atoms with Crippen molar-refractivity contribution in [1.82, 2.24) is 0 Å². The molecule has 1 aromatic carbocycles. The molecule has 0 atom stereocenters. The van der Waals surface area contributed by atoms with Gasteiger partial charge in [-0.25, -0.2) is 4.79 Å². The highest BCUT2D eigenvalue weighted by molar-refractivity contribution is 5.86. The topological polar surface area (TPSA) is 75.6 Å². The predicted octanol–water partition coefficient (Wildman–Crippen LogP) is 2.95. The first-order chi connectivity index (χ1) is 8.81. The van der Waals surface area contributed by atoms with Crippen LogP contribution in [0.5, 0.6) is 5.75 Å². The minimum absolute atomic E-state index is 0.0211. The normalized spacial score (nSPS) is 11.3. The molecule has 0 saturated carbocycles. The quantitative estimate of drug-likeness (QED) is 0.499. The first-order valence-corrected chi connectivity index (χ1v) is 5.77. The number of nitrogens with one attached hydrogen (secondary N) is 1. The van der Waals surface area contributed by atoms with Crippen molar-refractivity contribution >= 4 is 24.1 Å². The fraction of sp³-hybridized carbons (Fsp3) is 0.286. The van der Waals surface area contributed by atoms with E-state index in [2.05, 4.69) is 5.32 Å². The summed E-state index contributed by atoms with van der Waals surface area (Å²) in [5.41, 5.74) is 0.319. The lowest BCUT2D eigenvalue weighted by molar-refractivity contribution is -0.104. The Labute approximate surface area is 111 Å². The van der Waals surface area contributed by atoms with E-state index in [1.165, 1.54) is 24.3 Å². The zero-order valence-corrected chi connectivity index (χ0v) is 11.1. The number of phenolic OH excluding ortho intramolecular Hbond substituents is 1. The number of ether oxygens (including phenoxy) is 1. The largest absolute Gasteiger partial charge is 0.507 e. The summed E-state index contributed by atoms with van der Waals surface area (Å²) in [4.78, 5) is 21.8. The van der Waals surface area contributed by atoms with Gasteiger partial charge in [-0.15, -0.1) is 0 Å². The van der Waals surface area contributed by atoms with E-state index in [1.54, 1.807) is 26.8 Å². The van der Waals surface area contributed by atoms with E-state index >= 15 is 0 Å². The molecule has 1 amide bonds. The number of rotatable bonds is 3. The van der Waals surface area contributed by atoms with Crippen molar-refractivity contribution < 1.29 is 19.4 Å². The zero-order valence-electron chi connectivity index (χ0n) is 11.1. The van der Waals surface area contributed by atoms with Crippen molar-refractivity contribution in [2.75, 3.05) is 5.32 Å². The van der Waals surface area contributed by atoms with Gasteiger partial charge in [-0.05, 0) is 51.1 Å². The molecule has 0 spiro atoms. The van der Waals surface area contributed by atoms with Crippen LogP contribution >= 0.6 is 0 Å². The molecule has 0 unspecified atom stereocenters. The van der Waals surface area contributed by atoms with Gasteiger partial charge in [0, 0.05) is 11.3 Å². The predicted molar refractivity (Wildman–Crippen MR) is 73.1 cm³/mol. The molecule has 1 aromatic rings. The Bertz CT molecular complexity index is 501. The molecule has 0 fully saturated rings. The van der Waals surface area contributed by atoms with Gasteiger partial charge in [-0.3, -0.25) is 10.1 Å². The molecule has 0 aliphatic rings. The Balaban J connectivity index is 2.82. The number of aldehydes is 1. The summed E-state index contributed by atoms with van der Waals surface area (Å²) >= 11 is 0. The number of carbonyl (C=O) groups excluding carboxylic acids is 2. The number of aromatic hydroxyl groups is 1. The third-order valence-electron chi connectivity index (χ3n) is 2.03. The first kappa shape index (κ1) is 14.8. The summed E-state index contributed by atoms with van der Waals surface area (Å²) in [6.45, 7) is 5.30. The monoisotopic (exact) mass is 263 g/mol. The van der Waals surface area contributed by atoms with Crippen molar-refractivity contribution in [3.63, 3.8) is 0 Å². The van der Waals surface area contributed by atoms with Gasteiger partial charge in [-0.1, -0.05) is 0 Å². The second-order valence-electron chi connectivity index (χ2n) is 4.90. The molecule has 0 bridgehead atoms. The molecule has 0 heterocycles. The maximum absolute atomic E-state index is 11.6. The molecule has 102 valence electrons. The van der Waals surface area contributed by atoms with Gasteiger partial charge in [0.05, 0.1) is 0 Å². The Hall–Kier alpha value is -2.30. The Morgan fingerprint density at radius 3 is 2.63 bits per heavy atom. The van der Waals surface area contributed by atoms with Gasteiger partial charge < -0.3 is 9.84 Å². The highest BCUT2D eigenvalue weighted by atomic mass is 16.6. The van der Waals surface area contributed by atoms with Gasteiger partial charge in [0.2, 0.25) is 0 Å². The van der Waals surface area contributed by atoms with Gasteiger partial charge in [0.15, 0.2) is 0 Å². The summed E-state index contributed by atoms with van der Waals surface area (Å²) in [5.74, 6) is 0.0211. The number of phenols is 1. The van der Waals surface area contributed by atoms with E-state index in [0.29, 0.717) is 17.5 Å². The van der Waals surface area contributed by atoms with Gasteiger partial charge in [0.25, 0.3) is 0 Å². The van der Waals surface area contributed by atoms with Crippen LogP contribution in [0.4, 0.5) is 10.5 Å². The van der Waals surface area contributed by atoms with Crippen LogP contribution < -0.4 is 5.32 Å². The minimum atomic E-state index is -0.582. The number of hydrogen-bond acceptors (Lipinski definition) is 4. The molecule has 0 aliphatic heterocycles. The Kier molecular flexibility index (Phi) is 4.69. The SMILES string of the molecule is CC(C)(C)OC(=O)Nc1ccc(O)c(/C=C/C=O)c1. The molecular formula is C14H17NO4. The van der Waals surface area contributed by atoms with Crippen LogP contribution in [-0.4, -0.2) is 23.1 Å². The van der Waals surface area contributed by atoms with E-state index in [-0.39, 0.29) is 5.75 Å². The highest BCUT2D eigenvalue weighted by Gasteiger charge is 2.16. The van der Waals surface area contributed by atoms with E-state index < -0.39 is 11.7 Å². The first-order valence-electron chi connectivity index (χ1n) is 5.77. The maximum Gasteiger partial charge on any atom is 0.412 e. The maximum atomic E-state index is 11.6. The lowest BCUT2D eigenvalue weighted by Crippen LogP contribution is -2.27. The van der Waals surface area contributed by atoms with Crippen LogP contribution in [-0.2, 0) is 9.53 Å². The number of carbonyl (C=O) groups is 2. The van der Waals surface area contributed by atoms with E-state index in [1.807, 2.05) is 0 Å². The standard InChI is InChI=1S/C14H17NO4/c1-14(2,3)19-13(18)15-11-6-7-12(17)10(9-11)5-4-8-16/h4-9,17H,1-3H3,(H,15,18)/b5-4+. The Morgan fingerprint density at radius 1 is 1.37 bits per heavy atom. The van der Waals surface area contributed by atoms with E-state index in [0.717, 1.165) is 0 Å². The minimum Gasteiger partial charge on any atom is -0.507 e. The number of allylic oxidation sites excluding steroid dienone is 1. The zero-order chi connectivity index (χ0) is 14.5. The molecule has 5 heteroatoms. The van der Waals surface area contributed by atoms with Crippen LogP contribution in [0.3, 0.4) is 0 Å². The number of amides is 1. The third kappa shape index (κ3) is 5.25. The van der Waals surface area contributed by atoms with Gasteiger partial charge in [-0.2, -0.15) is 0 Å². The van der Waals surface area contributed by atoms with Crippen LogP contribution in [0.1, 0.15) is 26.3 Å². The van der Waals surface area contributed by atoms with Crippen LogP contribution in [0, 0.1) is 0 Å². The molecule has 0 aliphatic carbocycles. The molecule has 0 radical (unpaired) electrons. The van der Waals surface area contributed by atoms with Crippen LogP contribution in [0.25, 0.3) is 6.08 Å². The summed E-state index contributed by atoms with van der Waals surface area (Å²) in [6.07, 6.45) is 2.73. The van der Waals surface area contributed by atoms with E-state index in [9.17, 15) is 14.7 Å². The summed E-state index contributed by atoms with van der Waals surface area (Å²) in [5, 5.41) is 12.1. The average Bonchev–Trinajstić information content (AvgIpc) is 2.27. The summed E-state index contributed by atoms with van der Waals surface area (Å²) in [6, 6.07) is 4.51. The molecule has 5 nitrogen and oxygen atoms in total. The van der Waals surface area contributed by atoms with Crippen molar-refractivity contribution in [2.24, 2.45) is 0 Å². The highest BCUT2D eigenvalue weighted by Crippen LogP contribution is 2.23. The van der Waals surface area contributed by atoms with Crippen molar-refractivity contribution in [3.8, 4) is 5.75 Å². The fourth-order valence-electron chi connectivity index (χ4n) is 1.33. The fourth-order valence-corrected chi connectivity index (χ4v) is 1.33. The molecule has 1 rings (SSSR count). The van der Waals surface area contributed by atoms with Crippen LogP contribution in [0.15, 0.2) is 24.3 Å². The number of anilines is 1. The van der Waals surface area contributed by atoms with Crippen LogP contribution in [0.2, 0.25) is 0 Å². The lowest BCUT2D eigenvalue weighted by Gasteiger charge is -2.19. The molecule has 19 heavy (non-hydrogen) atoms. The number of benzene rings is 1. The average molecular weight is 263 g/mol. The molecule has 0 aromatic heterocycles. The number of hydrogen-bond donors (Lipinski definition) is 2. The summed E-state index contributed by atoms with van der Waals surface area (Å²) < 4.78 is 5.11. The van der Waals surface area contributed by atoms with Crippen molar-refractivity contribution in [3.05, 3.63) is 29.8 Å². The van der Waals surface area contributed by atoms with Crippen molar-refractivity contribution in [1.29, 1.82) is 0 Å². The molecular weight excluding hydrogens is 246 g/mol. The second kappa shape index (κ2) is 6.04. The smallest absolute Gasteiger partial charge is 0.412 e. The molecule has 0 saturated heterocycles. The van der Waals surface area contributed by atoms with Gasteiger partial charge >= 0.3 is 6.09 Å². The van der Waals surface area contributed by atoms with E-state index in [4.69, 9.17) is 4.74 Å². The summed E-state index contributed by atoms with van der Waals surface area (Å²) in [7, 11) is 0. The van der Waals surface area contributed by atoms with Crippen molar-refractivity contribution in [2.45, 2.75) is 26.4 Å². The van der Waals surface area contributed by atoms with Gasteiger partial charge in [0.1, 0.15) is 17.6 Å². The Morgan fingerprint density at radius 2 is 2.05 bits per heavy atom. The lowest BCUT2D eigenvalue weighted by atomic mass is 10.1. The third-order valence-corrected chi connectivity index (χ3v) is 2.03. The second-order valence-corrected chi connectivity index (χ2v) is 4.90.